The summed E-state index contributed by atoms with van der Waals surface area (Å²) in [7, 11) is -2.87. The molecule has 1 atom stereocenters. The van der Waals surface area contributed by atoms with Crippen molar-refractivity contribution < 1.29 is 13.2 Å². The fraction of sp³-hybridized carbons (Fsp3) is 1.00. The van der Waals surface area contributed by atoms with Crippen LogP contribution in [0.5, 0.6) is 0 Å². The average molecular weight is 207 g/mol. The second kappa shape index (κ2) is 3.94. The van der Waals surface area contributed by atoms with Gasteiger partial charge >= 0.3 is 0 Å². The summed E-state index contributed by atoms with van der Waals surface area (Å²) in [5.41, 5.74) is 5.54. The van der Waals surface area contributed by atoms with E-state index >= 15 is 0 Å². The van der Waals surface area contributed by atoms with Crippen LogP contribution in [-0.2, 0) is 14.6 Å². The van der Waals surface area contributed by atoms with Crippen molar-refractivity contribution in [3.05, 3.63) is 0 Å². The Kier molecular flexibility index (Phi) is 3.32. The van der Waals surface area contributed by atoms with Crippen LogP contribution < -0.4 is 5.73 Å². The molecule has 1 unspecified atom stereocenters. The summed E-state index contributed by atoms with van der Waals surface area (Å²) in [5.74, 6) is 0.216. The van der Waals surface area contributed by atoms with Crippen LogP contribution in [0.3, 0.4) is 0 Å². The van der Waals surface area contributed by atoms with E-state index in [9.17, 15) is 8.42 Å². The molecule has 1 heterocycles. The third kappa shape index (κ3) is 3.25. The topological polar surface area (TPSA) is 69.4 Å². The Bertz CT molecular complexity index is 255. The third-order valence-electron chi connectivity index (χ3n) is 2.62. The molecule has 0 radical (unpaired) electrons. The molecule has 4 nitrogen and oxygen atoms in total. The summed E-state index contributed by atoms with van der Waals surface area (Å²) in [6, 6.07) is 0. The Hall–Kier alpha value is -0.130. The molecule has 0 aliphatic carbocycles. The molecule has 78 valence electrons. The third-order valence-corrected chi connectivity index (χ3v) is 3.57. The predicted molar refractivity (Wildman–Crippen MR) is 51.3 cm³/mol. The number of ether oxygens (including phenoxy) is 1. The average Bonchev–Trinajstić information content (AvgIpc) is 2.49. The van der Waals surface area contributed by atoms with Gasteiger partial charge in [0.25, 0.3) is 0 Å². The highest BCUT2D eigenvalue weighted by molar-refractivity contribution is 7.90. The van der Waals surface area contributed by atoms with Crippen LogP contribution in [0.4, 0.5) is 0 Å². The van der Waals surface area contributed by atoms with Crippen molar-refractivity contribution in [2.45, 2.75) is 12.8 Å². The summed E-state index contributed by atoms with van der Waals surface area (Å²) < 4.78 is 27.2. The molecule has 0 aromatic rings. The Morgan fingerprint density at radius 2 is 2.23 bits per heavy atom. The fourth-order valence-electron chi connectivity index (χ4n) is 1.51. The maximum Gasteiger partial charge on any atom is 0.147 e. The molecule has 0 bridgehead atoms. The van der Waals surface area contributed by atoms with Crippen LogP contribution >= 0.6 is 0 Å². The summed E-state index contributed by atoms with van der Waals surface area (Å²) in [6.07, 6.45) is 2.77. The van der Waals surface area contributed by atoms with Gasteiger partial charge in [0.15, 0.2) is 0 Å². The van der Waals surface area contributed by atoms with E-state index in [-0.39, 0.29) is 11.2 Å². The van der Waals surface area contributed by atoms with Crippen LogP contribution in [0.25, 0.3) is 0 Å². The maximum absolute atomic E-state index is 11.0. The monoisotopic (exact) mass is 207 g/mol. The van der Waals surface area contributed by atoms with Gasteiger partial charge in [-0.2, -0.15) is 0 Å². The summed E-state index contributed by atoms with van der Waals surface area (Å²) in [4.78, 5) is 0. The van der Waals surface area contributed by atoms with Gasteiger partial charge in [-0.3, -0.25) is 0 Å². The van der Waals surface area contributed by atoms with Crippen molar-refractivity contribution >= 4 is 9.84 Å². The van der Waals surface area contributed by atoms with Gasteiger partial charge in [0.2, 0.25) is 0 Å². The first kappa shape index (κ1) is 10.9. The van der Waals surface area contributed by atoms with Crippen LogP contribution in [0, 0.1) is 5.41 Å². The van der Waals surface area contributed by atoms with Crippen LogP contribution in [0.15, 0.2) is 0 Å². The molecule has 1 aliphatic rings. The molecule has 13 heavy (non-hydrogen) atoms. The van der Waals surface area contributed by atoms with Crippen molar-refractivity contribution in [2.24, 2.45) is 11.1 Å². The SMILES string of the molecule is CS(=O)(=O)CCC1(CN)CCOC1. The molecule has 2 N–H and O–H groups in total. The number of hydrogen-bond acceptors (Lipinski definition) is 4. The molecular formula is C8H17NO3S. The van der Waals surface area contributed by atoms with E-state index in [1.54, 1.807) is 0 Å². The molecule has 0 saturated carbocycles. The molecule has 1 saturated heterocycles. The van der Waals surface area contributed by atoms with E-state index < -0.39 is 9.84 Å². The maximum atomic E-state index is 11.0. The molecule has 0 amide bonds. The van der Waals surface area contributed by atoms with Gasteiger partial charge < -0.3 is 10.5 Å². The highest BCUT2D eigenvalue weighted by Gasteiger charge is 2.33. The highest BCUT2D eigenvalue weighted by atomic mass is 32.2. The molecular weight excluding hydrogens is 190 g/mol. The minimum atomic E-state index is -2.87. The predicted octanol–water partition coefficient (Wildman–Crippen LogP) is -0.213. The molecule has 1 rings (SSSR count). The lowest BCUT2D eigenvalue weighted by Crippen LogP contribution is -2.33. The molecule has 1 fully saturated rings. The zero-order chi connectivity index (χ0) is 9.95. The zero-order valence-corrected chi connectivity index (χ0v) is 8.77. The number of rotatable bonds is 4. The minimum Gasteiger partial charge on any atom is -0.381 e. The number of nitrogens with two attached hydrogens (primary N) is 1. The number of hydrogen-bond donors (Lipinski definition) is 1. The molecule has 0 aromatic heterocycles. The summed E-state index contributed by atoms with van der Waals surface area (Å²) in [6.45, 7) is 1.84. The second-order valence-electron chi connectivity index (χ2n) is 3.89. The van der Waals surface area contributed by atoms with Gasteiger partial charge in [0.1, 0.15) is 9.84 Å². The molecule has 1 aliphatic heterocycles. The van der Waals surface area contributed by atoms with E-state index in [0.29, 0.717) is 26.2 Å². The van der Waals surface area contributed by atoms with Gasteiger partial charge in [-0.1, -0.05) is 0 Å². The van der Waals surface area contributed by atoms with Crippen molar-refractivity contribution in [1.29, 1.82) is 0 Å². The number of sulfone groups is 1. The summed E-state index contributed by atoms with van der Waals surface area (Å²) in [5, 5.41) is 0. The van der Waals surface area contributed by atoms with E-state index in [0.717, 1.165) is 6.42 Å². The highest BCUT2D eigenvalue weighted by Crippen LogP contribution is 2.31. The van der Waals surface area contributed by atoms with E-state index in [1.807, 2.05) is 0 Å². The Labute approximate surface area is 79.4 Å². The smallest absolute Gasteiger partial charge is 0.147 e. The Morgan fingerprint density at radius 1 is 1.54 bits per heavy atom. The van der Waals surface area contributed by atoms with Crippen molar-refractivity contribution in [2.75, 3.05) is 31.8 Å². The van der Waals surface area contributed by atoms with Gasteiger partial charge in [-0.25, -0.2) is 8.42 Å². The zero-order valence-electron chi connectivity index (χ0n) is 7.95. The normalized spacial score (nSPS) is 29.4. The molecule has 5 heteroatoms. The Balaban J connectivity index is 2.50. The van der Waals surface area contributed by atoms with Gasteiger partial charge in [0, 0.05) is 24.8 Å². The summed E-state index contributed by atoms with van der Waals surface area (Å²) >= 11 is 0. The lowest BCUT2D eigenvalue weighted by Gasteiger charge is -2.24. The van der Waals surface area contributed by atoms with E-state index in [1.165, 1.54) is 6.26 Å². The lowest BCUT2D eigenvalue weighted by atomic mass is 9.85. The van der Waals surface area contributed by atoms with Crippen LogP contribution in [-0.4, -0.2) is 40.2 Å². The first-order valence-corrected chi connectivity index (χ1v) is 6.49. The fourth-order valence-corrected chi connectivity index (χ4v) is 2.32. The van der Waals surface area contributed by atoms with E-state index in [2.05, 4.69) is 0 Å². The second-order valence-corrected chi connectivity index (χ2v) is 6.15. The van der Waals surface area contributed by atoms with Crippen LogP contribution in [0.1, 0.15) is 12.8 Å². The van der Waals surface area contributed by atoms with Gasteiger partial charge in [-0.05, 0) is 12.8 Å². The quantitative estimate of drug-likeness (QED) is 0.692. The first-order valence-electron chi connectivity index (χ1n) is 4.43. The Morgan fingerprint density at radius 3 is 2.62 bits per heavy atom. The molecule has 0 spiro atoms. The lowest BCUT2D eigenvalue weighted by molar-refractivity contribution is 0.153. The van der Waals surface area contributed by atoms with Gasteiger partial charge in [0.05, 0.1) is 12.4 Å². The van der Waals surface area contributed by atoms with Crippen LogP contribution in [0.2, 0.25) is 0 Å². The van der Waals surface area contributed by atoms with E-state index in [4.69, 9.17) is 10.5 Å². The molecule has 0 aromatic carbocycles. The standard InChI is InChI=1S/C8H17NO3S/c1-13(10,11)5-3-8(6-9)2-4-12-7-8/h2-7,9H2,1H3. The largest absolute Gasteiger partial charge is 0.381 e. The van der Waals surface area contributed by atoms with Crippen molar-refractivity contribution in [3.63, 3.8) is 0 Å². The van der Waals surface area contributed by atoms with Crippen molar-refractivity contribution in [1.82, 2.24) is 0 Å². The van der Waals surface area contributed by atoms with Gasteiger partial charge in [-0.15, -0.1) is 0 Å². The first-order chi connectivity index (χ1) is 5.97. The van der Waals surface area contributed by atoms with Crippen molar-refractivity contribution in [3.8, 4) is 0 Å². The minimum absolute atomic E-state index is 0.0803.